The minimum absolute atomic E-state index is 0.0335. The van der Waals surface area contributed by atoms with Crippen molar-refractivity contribution in [2.45, 2.75) is 52.0 Å². The van der Waals surface area contributed by atoms with Crippen LogP contribution in [0.25, 0.3) is 0 Å². The molecular formula is C23H23F4N5O2. The number of aryl methyl sites for hydroxylation is 1. The molecule has 2 aromatic carbocycles. The summed E-state index contributed by atoms with van der Waals surface area (Å²) in [5.74, 6) is -0.626. The third-order valence-electron chi connectivity index (χ3n) is 6.07. The summed E-state index contributed by atoms with van der Waals surface area (Å²) in [4.78, 5) is 17.1. The smallest absolute Gasteiger partial charge is 0.303 e. The topological polar surface area (TPSA) is 74.3 Å². The minimum Gasteiger partial charge on any atom is -0.303 e. The van der Waals surface area contributed by atoms with E-state index in [1.54, 1.807) is 30.8 Å². The van der Waals surface area contributed by atoms with Gasteiger partial charge in [0.25, 0.3) is 0 Å². The first-order valence-corrected chi connectivity index (χ1v) is 10.8. The molecule has 0 bridgehead atoms. The summed E-state index contributed by atoms with van der Waals surface area (Å²) in [6.45, 7) is 5.35. The van der Waals surface area contributed by atoms with Crippen molar-refractivity contribution in [2.24, 2.45) is 10.1 Å². The number of nitro groups is 1. The highest BCUT2D eigenvalue weighted by atomic mass is 19.4. The number of rotatable bonds is 4. The average molecular weight is 477 g/mol. The number of nitro benzene ring substituents is 1. The highest BCUT2D eigenvalue weighted by molar-refractivity contribution is 6.19. The van der Waals surface area contributed by atoms with Crippen LogP contribution in [0.4, 0.5) is 28.9 Å². The van der Waals surface area contributed by atoms with Crippen LogP contribution in [0, 0.1) is 15.9 Å². The Morgan fingerprint density at radius 2 is 1.91 bits per heavy atom. The Morgan fingerprint density at radius 1 is 1.21 bits per heavy atom. The number of alkyl halides is 3. The van der Waals surface area contributed by atoms with Gasteiger partial charge in [-0.25, -0.2) is 0 Å². The normalized spacial score (nSPS) is 19.9. The first-order valence-electron chi connectivity index (χ1n) is 10.8. The van der Waals surface area contributed by atoms with Gasteiger partial charge in [-0.3, -0.25) is 20.1 Å². The number of nitrogens with zero attached hydrogens (tertiary/aromatic N) is 5. The number of likely N-dealkylation sites (N-methyl/N-ethyl adjacent to an activating group) is 1. The van der Waals surface area contributed by atoms with Crippen LogP contribution in [0.1, 0.15) is 49.4 Å². The molecule has 0 saturated heterocycles. The first-order chi connectivity index (χ1) is 16.0. The number of hydrogen-bond donors (Lipinski definition) is 0. The second-order valence-electron chi connectivity index (χ2n) is 8.39. The third-order valence-corrected chi connectivity index (χ3v) is 6.07. The molecule has 2 atom stereocenters. The summed E-state index contributed by atoms with van der Waals surface area (Å²) >= 11 is 0. The van der Waals surface area contributed by atoms with Crippen LogP contribution in [-0.4, -0.2) is 40.7 Å². The molecule has 0 fully saturated rings. The van der Waals surface area contributed by atoms with E-state index in [4.69, 9.17) is 0 Å². The number of anilines is 1. The van der Waals surface area contributed by atoms with E-state index in [0.29, 0.717) is 24.2 Å². The Balaban J connectivity index is 2.08. The number of fused-ring (bicyclic) bond motifs is 3. The van der Waals surface area contributed by atoms with Crippen molar-refractivity contribution in [1.82, 2.24) is 5.01 Å². The summed E-state index contributed by atoms with van der Waals surface area (Å²) in [5, 5.41) is 17.6. The largest absolute Gasteiger partial charge is 0.416 e. The number of halogens is 4. The lowest BCUT2D eigenvalue weighted by Gasteiger charge is -2.31. The molecule has 0 aromatic heterocycles. The first kappa shape index (κ1) is 23.7. The quantitative estimate of drug-likeness (QED) is 0.338. The van der Waals surface area contributed by atoms with Crippen LogP contribution in [0.3, 0.4) is 0 Å². The lowest BCUT2D eigenvalue weighted by atomic mass is 9.91. The monoisotopic (exact) mass is 477 g/mol. The zero-order valence-electron chi connectivity index (χ0n) is 19.0. The van der Waals surface area contributed by atoms with Gasteiger partial charge in [0.1, 0.15) is 12.0 Å². The maximum atomic E-state index is 15.8. The fourth-order valence-electron chi connectivity index (χ4n) is 4.66. The Morgan fingerprint density at radius 3 is 2.53 bits per heavy atom. The molecule has 34 heavy (non-hydrogen) atoms. The van der Waals surface area contributed by atoms with Crippen molar-refractivity contribution < 1.29 is 22.5 Å². The number of aliphatic imine (C=N–C) groups is 1. The van der Waals surface area contributed by atoms with Crippen LogP contribution in [0.15, 0.2) is 40.4 Å². The average Bonchev–Trinajstić information content (AvgIpc) is 2.96. The van der Waals surface area contributed by atoms with Crippen LogP contribution in [-0.2, 0) is 12.6 Å². The maximum Gasteiger partial charge on any atom is 0.416 e. The molecular weight excluding hydrogens is 454 g/mol. The standard InChI is InChI=1S/C23H23F4N5O2/c1-5-6-14-7-8-15(23(25,26)27)11-16(14)21-19-17(9-10-18(20(19)24)32(33)34)31-13(3)29-30(4)22(31)12(2)28-21/h7-12,22H,5-6H2,1-4H3. The van der Waals surface area contributed by atoms with Gasteiger partial charge in [0.15, 0.2) is 0 Å². The molecule has 2 aliphatic heterocycles. The van der Waals surface area contributed by atoms with Gasteiger partial charge in [0, 0.05) is 18.7 Å². The Hall–Kier alpha value is -3.50. The molecule has 180 valence electrons. The maximum absolute atomic E-state index is 15.8. The molecule has 0 spiro atoms. The molecule has 0 amide bonds. The van der Waals surface area contributed by atoms with E-state index >= 15 is 4.39 Å². The number of benzene rings is 2. The van der Waals surface area contributed by atoms with Gasteiger partial charge >= 0.3 is 11.9 Å². The van der Waals surface area contributed by atoms with Crippen molar-refractivity contribution in [1.29, 1.82) is 0 Å². The highest BCUT2D eigenvalue weighted by Crippen LogP contribution is 2.40. The van der Waals surface area contributed by atoms with Gasteiger partial charge in [-0.15, -0.1) is 0 Å². The van der Waals surface area contributed by atoms with Crippen LogP contribution in [0.5, 0.6) is 0 Å². The molecule has 7 nitrogen and oxygen atoms in total. The molecule has 11 heteroatoms. The van der Waals surface area contributed by atoms with Gasteiger partial charge in [-0.05, 0) is 44.0 Å². The number of hydrazone groups is 1. The molecule has 4 rings (SSSR count). The Bertz CT molecular complexity index is 1220. The molecule has 0 saturated carbocycles. The lowest BCUT2D eigenvalue weighted by Crippen LogP contribution is -2.46. The van der Waals surface area contributed by atoms with Gasteiger partial charge in [0.2, 0.25) is 5.82 Å². The second-order valence-corrected chi connectivity index (χ2v) is 8.39. The van der Waals surface area contributed by atoms with E-state index in [1.807, 2.05) is 6.92 Å². The van der Waals surface area contributed by atoms with E-state index in [0.717, 1.165) is 18.2 Å². The second kappa shape index (κ2) is 8.37. The van der Waals surface area contributed by atoms with E-state index in [1.165, 1.54) is 12.1 Å². The van der Waals surface area contributed by atoms with Crippen molar-refractivity contribution >= 4 is 22.9 Å². The predicted octanol–water partition coefficient (Wildman–Crippen LogP) is 5.36. The van der Waals surface area contributed by atoms with Gasteiger partial charge in [-0.1, -0.05) is 19.4 Å². The minimum atomic E-state index is -4.62. The molecule has 2 heterocycles. The van der Waals surface area contributed by atoms with Crippen molar-refractivity contribution in [3.05, 3.63) is 68.5 Å². The summed E-state index contributed by atoms with van der Waals surface area (Å²) in [7, 11) is 1.72. The van der Waals surface area contributed by atoms with E-state index in [-0.39, 0.29) is 22.5 Å². The lowest BCUT2D eigenvalue weighted by molar-refractivity contribution is -0.387. The molecule has 0 radical (unpaired) electrons. The molecule has 2 unspecified atom stereocenters. The highest BCUT2D eigenvalue weighted by Gasteiger charge is 2.42. The summed E-state index contributed by atoms with van der Waals surface area (Å²) in [6.07, 6.45) is -4.03. The summed E-state index contributed by atoms with van der Waals surface area (Å²) < 4.78 is 56.6. The molecule has 0 N–H and O–H groups in total. The Kier molecular flexibility index (Phi) is 5.82. The van der Waals surface area contributed by atoms with Crippen LogP contribution >= 0.6 is 0 Å². The predicted molar refractivity (Wildman–Crippen MR) is 121 cm³/mol. The van der Waals surface area contributed by atoms with Gasteiger partial charge < -0.3 is 4.90 Å². The zero-order chi connectivity index (χ0) is 24.9. The SMILES string of the molecule is CCCc1ccc(C(F)(F)F)cc1C1=NC(C)C2N(C)N=C(C)N2c2ccc([N+](=O)[O-])c(F)c21. The summed E-state index contributed by atoms with van der Waals surface area (Å²) in [5.41, 5.74) is -0.976. The van der Waals surface area contributed by atoms with E-state index < -0.39 is 40.4 Å². The van der Waals surface area contributed by atoms with Crippen LogP contribution in [0.2, 0.25) is 0 Å². The molecule has 2 aliphatic rings. The van der Waals surface area contributed by atoms with E-state index in [2.05, 4.69) is 10.1 Å². The molecule has 2 aromatic rings. The van der Waals surface area contributed by atoms with E-state index in [9.17, 15) is 23.3 Å². The zero-order valence-corrected chi connectivity index (χ0v) is 19.0. The summed E-state index contributed by atoms with van der Waals surface area (Å²) in [6, 6.07) is 5.24. The fraction of sp³-hybridized carbons (Fsp3) is 0.391. The van der Waals surface area contributed by atoms with Gasteiger partial charge in [0.05, 0.1) is 33.5 Å². The molecule has 0 aliphatic carbocycles. The van der Waals surface area contributed by atoms with Gasteiger partial charge in [-0.2, -0.15) is 22.7 Å². The van der Waals surface area contributed by atoms with Crippen molar-refractivity contribution in [3.63, 3.8) is 0 Å². The third kappa shape index (κ3) is 3.78. The number of hydrogen-bond acceptors (Lipinski definition) is 6. The fourth-order valence-corrected chi connectivity index (χ4v) is 4.66. The van der Waals surface area contributed by atoms with Crippen molar-refractivity contribution in [3.8, 4) is 0 Å². The Labute approximate surface area is 193 Å². The van der Waals surface area contributed by atoms with Crippen molar-refractivity contribution in [2.75, 3.05) is 11.9 Å². The number of amidine groups is 1. The van der Waals surface area contributed by atoms with Crippen LogP contribution < -0.4 is 4.90 Å².